The SMILES string of the molecule is COc1ccc([C@@H](O)C(F)(F)F)cn1. The zero-order valence-electron chi connectivity index (χ0n) is 7.25. The molecule has 1 N–H and O–H groups in total. The number of ether oxygens (including phenoxy) is 1. The fourth-order valence-corrected chi connectivity index (χ4v) is 0.863. The molecule has 0 saturated carbocycles. The van der Waals surface area contributed by atoms with Crippen LogP contribution >= 0.6 is 0 Å². The molecular weight excluding hydrogens is 199 g/mol. The molecule has 1 atom stereocenters. The molecule has 0 spiro atoms. The molecule has 0 aliphatic rings. The summed E-state index contributed by atoms with van der Waals surface area (Å²) in [5.41, 5.74) is -0.307. The van der Waals surface area contributed by atoms with Gasteiger partial charge >= 0.3 is 6.18 Å². The van der Waals surface area contributed by atoms with Gasteiger partial charge in [-0.1, -0.05) is 0 Å². The minimum Gasteiger partial charge on any atom is -0.481 e. The molecule has 0 fully saturated rings. The van der Waals surface area contributed by atoms with Gasteiger partial charge < -0.3 is 9.84 Å². The van der Waals surface area contributed by atoms with E-state index in [4.69, 9.17) is 5.11 Å². The number of hydrogen-bond donors (Lipinski definition) is 1. The molecule has 78 valence electrons. The van der Waals surface area contributed by atoms with Gasteiger partial charge in [-0.3, -0.25) is 0 Å². The maximum absolute atomic E-state index is 12.0. The highest BCUT2D eigenvalue weighted by Gasteiger charge is 2.39. The Bertz CT molecular complexity index is 296. The molecule has 1 aromatic rings. The van der Waals surface area contributed by atoms with Crippen LogP contribution in [-0.4, -0.2) is 23.4 Å². The van der Waals surface area contributed by atoms with E-state index in [-0.39, 0.29) is 11.4 Å². The summed E-state index contributed by atoms with van der Waals surface area (Å²) in [5.74, 6) is 0.197. The molecule has 1 aromatic heterocycles. The molecule has 6 heteroatoms. The van der Waals surface area contributed by atoms with E-state index in [1.165, 1.54) is 13.2 Å². The summed E-state index contributed by atoms with van der Waals surface area (Å²) in [5, 5.41) is 8.81. The lowest BCUT2D eigenvalue weighted by Crippen LogP contribution is -2.20. The molecule has 14 heavy (non-hydrogen) atoms. The minimum atomic E-state index is -4.67. The monoisotopic (exact) mass is 207 g/mol. The minimum absolute atomic E-state index is 0.197. The van der Waals surface area contributed by atoms with E-state index in [1.807, 2.05) is 0 Å². The Hall–Kier alpha value is -1.30. The van der Waals surface area contributed by atoms with Crippen LogP contribution in [0, 0.1) is 0 Å². The Labute approximate surface area is 78.2 Å². The van der Waals surface area contributed by atoms with Gasteiger partial charge in [0.25, 0.3) is 0 Å². The zero-order chi connectivity index (χ0) is 10.8. The van der Waals surface area contributed by atoms with Crippen LogP contribution in [0.1, 0.15) is 11.7 Å². The third-order valence-electron chi connectivity index (χ3n) is 1.59. The van der Waals surface area contributed by atoms with Crippen LogP contribution in [0.3, 0.4) is 0 Å². The predicted octanol–water partition coefficient (Wildman–Crippen LogP) is 1.69. The van der Waals surface area contributed by atoms with Gasteiger partial charge in [0.2, 0.25) is 5.88 Å². The van der Waals surface area contributed by atoms with Crippen molar-refractivity contribution in [3.8, 4) is 5.88 Å². The van der Waals surface area contributed by atoms with E-state index in [9.17, 15) is 13.2 Å². The number of nitrogens with zero attached hydrogens (tertiary/aromatic N) is 1. The smallest absolute Gasteiger partial charge is 0.418 e. The van der Waals surface area contributed by atoms with E-state index in [0.717, 1.165) is 12.3 Å². The Kier molecular flexibility index (Phi) is 2.95. The van der Waals surface area contributed by atoms with Crippen molar-refractivity contribution in [1.29, 1.82) is 0 Å². The first-order valence-electron chi connectivity index (χ1n) is 3.70. The largest absolute Gasteiger partial charge is 0.481 e. The molecule has 0 radical (unpaired) electrons. The second-order valence-electron chi connectivity index (χ2n) is 2.58. The van der Waals surface area contributed by atoms with Gasteiger partial charge in [0.05, 0.1) is 7.11 Å². The summed E-state index contributed by atoms with van der Waals surface area (Å²) in [6.45, 7) is 0. The standard InChI is InChI=1S/C8H8F3NO2/c1-14-6-3-2-5(4-12-6)7(13)8(9,10)11/h2-4,7,13H,1H3/t7-/m1/s1. The number of halogens is 3. The molecule has 0 bridgehead atoms. The van der Waals surface area contributed by atoms with Crippen molar-refractivity contribution >= 4 is 0 Å². The summed E-state index contributed by atoms with van der Waals surface area (Å²) >= 11 is 0. The van der Waals surface area contributed by atoms with Crippen LogP contribution in [0.5, 0.6) is 5.88 Å². The van der Waals surface area contributed by atoms with Crippen LogP contribution < -0.4 is 4.74 Å². The van der Waals surface area contributed by atoms with E-state index in [2.05, 4.69) is 9.72 Å². The van der Waals surface area contributed by atoms with Gasteiger partial charge in [-0.15, -0.1) is 0 Å². The lowest BCUT2D eigenvalue weighted by atomic mass is 10.1. The average Bonchev–Trinajstić information content (AvgIpc) is 2.15. The fourth-order valence-electron chi connectivity index (χ4n) is 0.863. The number of pyridine rings is 1. The third-order valence-corrected chi connectivity index (χ3v) is 1.59. The number of aliphatic hydroxyl groups excluding tert-OH is 1. The van der Waals surface area contributed by atoms with Crippen LogP contribution in [-0.2, 0) is 0 Å². The quantitative estimate of drug-likeness (QED) is 0.802. The molecule has 1 heterocycles. The number of alkyl halides is 3. The Morgan fingerprint density at radius 1 is 1.43 bits per heavy atom. The molecule has 1 rings (SSSR count). The summed E-state index contributed by atoms with van der Waals surface area (Å²) < 4.78 is 40.7. The van der Waals surface area contributed by atoms with Crippen LogP contribution in [0.25, 0.3) is 0 Å². The van der Waals surface area contributed by atoms with E-state index < -0.39 is 12.3 Å². The van der Waals surface area contributed by atoms with Gasteiger partial charge in [-0.25, -0.2) is 4.98 Å². The lowest BCUT2D eigenvalue weighted by molar-refractivity contribution is -0.206. The molecule has 0 aliphatic carbocycles. The van der Waals surface area contributed by atoms with Crippen molar-refractivity contribution < 1.29 is 23.0 Å². The number of rotatable bonds is 2. The van der Waals surface area contributed by atoms with Gasteiger partial charge in [0.15, 0.2) is 6.10 Å². The third kappa shape index (κ3) is 2.35. The summed E-state index contributed by atoms with van der Waals surface area (Å²) in [6, 6.07) is 2.37. The molecule has 0 amide bonds. The molecule has 3 nitrogen and oxygen atoms in total. The first kappa shape index (κ1) is 10.8. The van der Waals surface area contributed by atoms with Crippen molar-refractivity contribution in [2.75, 3.05) is 7.11 Å². The van der Waals surface area contributed by atoms with E-state index >= 15 is 0 Å². The van der Waals surface area contributed by atoms with Crippen molar-refractivity contribution in [3.63, 3.8) is 0 Å². The number of methoxy groups -OCH3 is 1. The normalized spacial score (nSPS) is 13.8. The highest BCUT2D eigenvalue weighted by atomic mass is 19.4. The van der Waals surface area contributed by atoms with Crippen LogP contribution in [0.15, 0.2) is 18.3 Å². The van der Waals surface area contributed by atoms with E-state index in [1.54, 1.807) is 0 Å². The molecule has 0 aliphatic heterocycles. The Balaban J connectivity index is 2.87. The predicted molar refractivity (Wildman–Crippen MR) is 41.8 cm³/mol. The van der Waals surface area contributed by atoms with Crippen molar-refractivity contribution in [2.24, 2.45) is 0 Å². The van der Waals surface area contributed by atoms with Crippen LogP contribution in [0.2, 0.25) is 0 Å². The number of hydrogen-bond acceptors (Lipinski definition) is 3. The fraction of sp³-hybridized carbons (Fsp3) is 0.375. The Morgan fingerprint density at radius 3 is 2.43 bits per heavy atom. The first-order chi connectivity index (χ1) is 6.45. The lowest BCUT2D eigenvalue weighted by Gasteiger charge is -2.14. The van der Waals surface area contributed by atoms with Crippen molar-refractivity contribution in [3.05, 3.63) is 23.9 Å². The second kappa shape index (κ2) is 3.83. The summed E-state index contributed by atoms with van der Waals surface area (Å²) in [6.07, 6.45) is -6.24. The van der Waals surface area contributed by atoms with Crippen molar-refractivity contribution in [1.82, 2.24) is 4.98 Å². The molecule has 0 saturated heterocycles. The molecule has 0 aromatic carbocycles. The zero-order valence-corrected chi connectivity index (χ0v) is 7.25. The van der Waals surface area contributed by atoms with Crippen LogP contribution in [0.4, 0.5) is 13.2 Å². The average molecular weight is 207 g/mol. The number of aromatic nitrogens is 1. The Morgan fingerprint density at radius 2 is 2.07 bits per heavy atom. The highest BCUT2D eigenvalue weighted by molar-refractivity contribution is 5.20. The topological polar surface area (TPSA) is 42.4 Å². The maximum atomic E-state index is 12.0. The maximum Gasteiger partial charge on any atom is 0.418 e. The summed E-state index contributed by atoms with van der Waals surface area (Å²) in [4.78, 5) is 3.55. The van der Waals surface area contributed by atoms with Gasteiger partial charge in [0.1, 0.15) is 0 Å². The van der Waals surface area contributed by atoms with Gasteiger partial charge in [-0.2, -0.15) is 13.2 Å². The molecular formula is C8H8F3NO2. The second-order valence-corrected chi connectivity index (χ2v) is 2.58. The highest BCUT2D eigenvalue weighted by Crippen LogP contribution is 2.32. The van der Waals surface area contributed by atoms with Crippen molar-refractivity contribution in [2.45, 2.75) is 12.3 Å². The number of aliphatic hydroxyl groups is 1. The van der Waals surface area contributed by atoms with Gasteiger partial charge in [0, 0.05) is 17.8 Å². The molecule has 0 unspecified atom stereocenters. The van der Waals surface area contributed by atoms with E-state index in [0.29, 0.717) is 0 Å². The van der Waals surface area contributed by atoms with Gasteiger partial charge in [-0.05, 0) is 6.07 Å². The summed E-state index contributed by atoms with van der Waals surface area (Å²) in [7, 11) is 1.35. The first-order valence-corrected chi connectivity index (χ1v) is 3.70.